The lowest BCUT2D eigenvalue weighted by atomic mass is 10.2. The molecule has 0 bridgehead atoms. The van der Waals surface area contributed by atoms with Gasteiger partial charge in [0, 0.05) is 6.54 Å². The normalized spacial score (nSPS) is 10.9. The van der Waals surface area contributed by atoms with Crippen LogP contribution in [-0.2, 0) is 4.79 Å². The van der Waals surface area contributed by atoms with Gasteiger partial charge < -0.3 is 10.1 Å². The van der Waals surface area contributed by atoms with E-state index < -0.39 is 0 Å². The van der Waals surface area contributed by atoms with Gasteiger partial charge in [0.25, 0.3) is 0 Å². The number of benzene rings is 2. The molecule has 6 nitrogen and oxygen atoms in total. The summed E-state index contributed by atoms with van der Waals surface area (Å²) in [6, 6.07) is 17.8. The summed E-state index contributed by atoms with van der Waals surface area (Å²) in [5, 5.41) is 7.61. The van der Waals surface area contributed by atoms with E-state index in [-0.39, 0.29) is 12.5 Å². The minimum absolute atomic E-state index is 0.0677. The van der Waals surface area contributed by atoms with Gasteiger partial charge in [-0.3, -0.25) is 9.69 Å². The van der Waals surface area contributed by atoms with Gasteiger partial charge in [0.05, 0.1) is 29.3 Å². The van der Waals surface area contributed by atoms with E-state index in [2.05, 4.69) is 29.5 Å². The summed E-state index contributed by atoms with van der Waals surface area (Å²) >= 11 is 0. The maximum atomic E-state index is 12.5. The first-order chi connectivity index (χ1) is 13.9. The van der Waals surface area contributed by atoms with E-state index in [4.69, 9.17) is 4.74 Å². The molecule has 0 saturated carbocycles. The minimum Gasteiger partial charge on any atom is -0.492 e. The van der Waals surface area contributed by atoms with Crippen LogP contribution in [0.3, 0.4) is 0 Å². The summed E-state index contributed by atoms with van der Waals surface area (Å²) in [5.41, 5.74) is 4.65. The van der Waals surface area contributed by atoms with Crippen LogP contribution in [0.4, 0.5) is 5.69 Å². The van der Waals surface area contributed by atoms with E-state index in [1.165, 1.54) is 5.56 Å². The van der Waals surface area contributed by atoms with Gasteiger partial charge in [-0.1, -0.05) is 35.9 Å². The standard InChI is InChI=1S/C23H28N4O2/c1-17-10-12-20(13-11-17)27-19(3)23(18(2)25-27)24-22(28)16-26(4)14-15-29-21-8-6-5-7-9-21/h5-13H,14-16H2,1-4H3,(H,24,28). The molecular formula is C23H28N4O2. The van der Waals surface area contributed by atoms with Crippen molar-refractivity contribution >= 4 is 11.6 Å². The van der Waals surface area contributed by atoms with Crippen molar-refractivity contribution in [1.82, 2.24) is 14.7 Å². The van der Waals surface area contributed by atoms with Crippen LogP contribution in [0.15, 0.2) is 54.6 Å². The van der Waals surface area contributed by atoms with Gasteiger partial charge in [-0.25, -0.2) is 4.68 Å². The third-order valence-corrected chi connectivity index (χ3v) is 4.73. The average Bonchev–Trinajstić information content (AvgIpc) is 2.97. The Morgan fingerprint density at radius 3 is 2.45 bits per heavy atom. The van der Waals surface area contributed by atoms with Crippen LogP contribution in [0.25, 0.3) is 5.69 Å². The zero-order valence-corrected chi connectivity index (χ0v) is 17.5. The van der Waals surface area contributed by atoms with E-state index in [1.54, 1.807) is 0 Å². The summed E-state index contributed by atoms with van der Waals surface area (Å²) < 4.78 is 7.55. The minimum atomic E-state index is -0.0677. The van der Waals surface area contributed by atoms with E-state index in [0.717, 1.165) is 28.5 Å². The predicted molar refractivity (Wildman–Crippen MR) is 116 cm³/mol. The number of hydrogen-bond donors (Lipinski definition) is 1. The van der Waals surface area contributed by atoms with Crippen molar-refractivity contribution in [3.8, 4) is 11.4 Å². The number of likely N-dealkylation sites (N-methyl/N-ethyl adjacent to an activating group) is 1. The molecule has 0 unspecified atom stereocenters. The number of carbonyl (C=O) groups is 1. The van der Waals surface area contributed by atoms with Crippen molar-refractivity contribution in [3.05, 3.63) is 71.5 Å². The molecule has 0 aliphatic heterocycles. The van der Waals surface area contributed by atoms with Crippen LogP contribution < -0.4 is 10.1 Å². The zero-order chi connectivity index (χ0) is 20.8. The van der Waals surface area contributed by atoms with Crippen LogP contribution in [-0.4, -0.2) is 47.3 Å². The number of aryl methyl sites for hydroxylation is 2. The molecule has 1 amide bonds. The molecular weight excluding hydrogens is 364 g/mol. The maximum absolute atomic E-state index is 12.5. The molecule has 0 atom stereocenters. The first kappa shape index (κ1) is 20.6. The number of para-hydroxylation sites is 1. The van der Waals surface area contributed by atoms with Crippen molar-refractivity contribution in [3.63, 3.8) is 0 Å². The quantitative estimate of drug-likeness (QED) is 0.634. The molecule has 0 radical (unpaired) electrons. The van der Waals surface area contributed by atoms with Crippen molar-refractivity contribution in [2.45, 2.75) is 20.8 Å². The molecule has 0 spiro atoms. The fourth-order valence-corrected chi connectivity index (χ4v) is 3.10. The van der Waals surface area contributed by atoms with Gasteiger partial charge >= 0.3 is 0 Å². The molecule has 0 aliphatic carbocycles. The largest absolute Gasteiger partial charge is 0.492 e. The highest BCUT2D eigenvalue weighted by atomic mass is 16.5. The Morgan fingerprint density at radius 1 is 1.07 bits per heavy atom. The van der Waals surface area contributed by atoms with Crippen molar-refractivity contribution in [2.24, 2.45) is 0 Å². The summed E-state index contributed by atoms with van der Waals surface area (Å²) in [4.78, 5) is 14.5. The summed E-state index contributed by atoms with van der Waals surface area (Å²) in [6.45, 7) is 7.39. The Kier molecular flexibility index (Phi) is 6.67. The monoisotopic (exact) mass is 392 g/mol. The SMILES string of the molecule is Cc1ccc(-n2nc(C)c(NC(=O)CN(C)CCOc3ccccc3)c2C)cc1. The smallest absolute Gasteiger partial charge is 0.238 e. The van der Waals surface area contributed by atoms with Crippen molar-refractivity contribution in [1.29, 1.82) is 0 Å². The molecule has 0 saturated heterocycles. The number of rotatable bonds is 8. The molecule has 0 aliphatic rings. The fraction of sp³-hybridized carbons (Fsp3) is 0.304. The number of aromatic nitrogens is 2. The Morgan fingerprint density at radius 2 is 1.76 bits per heavy atom. The first-order valence-electron chi connectivity index (χ1n) is 9.73. The molecule has 1 N–H and O–H groups in total. The number of nitrogens with zero attached hydrogens (tertiary/aromatic N) is 3. The topological polar surface area (TPSA) is 59.4 Å². The van der Waals surface area contributed by atoms with Gasteiger partial charge in [0.1, 0.15) is 12.4 Å². The van der Waals surface area contributed by atoms with Gasteiger partial charge in [0.15, 0.2) is 0 Å². The molecule has 3 aromatic rings. The molecule has 2 aromatic carbocycles. The molecule has 6 heteroatoms. The highest BCUT2D eigenvalue weighted by Gasteiger charge is 2.16. The summed E-state index contributed by atoms with van der Waals surface area (Å²) in [5.74, 6) is 0.766. The number of carbonyl (C=O) groups excluding carboxylic acids is 1. The number of anilines is 1. The third-order valence-electron chi connectivity index (χ3n) is 4.73. The predicted octanol–water partition coefficient (Wildman–Crippen LogP) is 3.75. The van der Waals surface area contributed by atoms with E-state index >= 15 is 0 Å². The molecule has 152 valence electrons. The molecule has 29 heavy (non-hydrogen) atoms. The Bertz CT molecular complexity index is 949. The average molecular weight is 393 g/mol. The molecule has 1 heterocycles. The van der Waals surface area contributed by atoms with Crippen LogP contribution in [0.5, 0.6) is 5.75 Å². The first-order valence-corrected chi connectivity index (χ1v) is 9.73. The van der Waals surface area contributed by atoms with Gasteiger partial charge in [-0.05, 0) is 52.1 Å². The second-order valence-corrected chi connectivity index (χ2v) is 7.24. The second-order valence-electron chi connectivity index (χ2n) is 7.24. The van der Waals surface area contributed by atoms with E-state index in [1.807, 2.05) is 72.9 Å². The number of nitrogens with one attached hydrogen (secondary N) is 1. The van der Waals surface area contributed by atoms with Crippen LogP contribution in [0, 0.1) is 20.8 Å². The summed E-state index contributed by atoms with van der Waals surface area (Å²) in [7, 11) is 1.91. The lowest BCUT2D eigenvalue weighted by Crippen LogP contribution is -2.33. The van der Waals surface area contributed by atoms with E-state index in [9.17, 15) is 4.79 Å². The number of ether oxygens (including phenoxy) is 1. The van der Waals surface area contributed by atoms with Gasteiger partial charge in [-0.2, -0.15) is 5.10 Å². The molecule has 1 aromatic heterocycles. The summed E-state index contributed by atoms with van der Waals surface area (Å²) in [6.07, 6.45) is 0. The number of amides is 1. The van der Waals surface area contributed by atoms with Crippen molar-refractivity contribution < 1.29 is 9.53 Å². The van der Waals surface area contributed by atoms with E-state index in [0.29, 0.717) is 13.2 Å². The Hall–Kier alpha value is -3.12. The molecule has 3 rings (SSSR count). The third kappa shape index (κ3) is 5.45. The van der Waals surface area contributed by atoms with Crippen LogP contribution in [0.1, 0.15) is 17.0 Å². The molecule has 0 fully saturated rings. The number of hydrogen-bond acceptors (Lipinski definition) is 4. The second kappa shape index (κ2) is 9.39. The van der Waals surface area contributed by atoms with Crippen LogP contribution in [0.2, 0.25) is 0 Å². The highest BCUT2D eigenvalue weighted by Crippen LogP contribution is 2.23. The Balaban J connectivity index is 1.55. The van der Waals surface area contributed by atoms with Gasteiger partial charge in [-0.15, -0.1) is 0 Å². The lowest BCUT2D eigenvalue weighted by Gasteiger charge is -2.16. The zero-order valence-electron chi connectivity index (χ0n) is 17.5. The lowest BCUT2D eigenvalue weighted by molar-refractivity contribution is -0.117. The maximum Gasteiger partial charge on any atom is 0.238 e. The Labute approximate surface area is 172 Å². The van der Waals surface area contributed by atoms with Gasteiger partial charge in [0.2, 0.25) is 5.91 Å². The highest BCUT2D eigenvalue weighted by molar-refractivity contribution is 5.93. The fourth-order valence-electron chi connectivity index (χ4n) is 3.10. The van der Waals surface area contributed by atoms with Crippen LogP contribution >= 0.6 is 0 Å². The van der Waals surface area contributed by atoms with Crippen molar-refractivity contribution in [2.75, 3.05) is 32.1 Å².